The van der Waals surface area contributed by atoms with Crippen LogP contribution in [0.5, 0.6) is 0 Å². The van der Waals surface area contributed by atoms with E-state index >= 15 is 0 Å². The summed E-state index contributed by atoms with van der Waals surface area (Å²) in [4.78, 5) is 12.1. The van der Waals surface area contributed by atoms with Gasteiger partial charge in [-0.3, -0.25) is 4.79 Å². The van der Waals surface area contributed by atoms with Gasteiger partial charge in [0.25, 0.3) is 0 Å². The largest absolute Gasteiger partial charge is 0.375 e. The standard InChI is InChI=1S/C13H22O2S/c1-10(2)16-9-12(14)11-4-7-15-13(8-11)5-3-6-13/h10-11H,3-9H2,1-2H3. The zero-order valence-corrected chi connectivity index (χ0v) is 11.1. The molecular formula is C13H22O2S. The SMILES string of the molecule is CC(C)SCC(=O)C1CCOC2(CCC2)C1. The van der Waals surface area contributed by atoms with Crippen LogP contribution in [0.3, 0.4) is 0 Å². The minimum atomic E-state index is 0.112. The second-order valence-electron chi connectivity index (χ2n) is 5.40. The van der Waals surface area contributed by atoms with Crippen molar-refractivity contribution >= 4 is 17.5 Å². The molecule has 2 nitrogen and oxygen atoms in total. The monoisotopic (exact) mass is 242 g/mol. The number of carbonyl (C=O) groups is 1. The number of carbonyl (C=O) groups excluding carboxylic acids is 1. The van der Waals surface area contributed by atoms with Crippen LogP contribution in [0.25, 0.3) is 0 Å². The van der Waals surface area contributed by atoms with E-state index in [-0.39, 0.29) is 11.5 Å². The molecule has 92 valence electrons. The molecule has 2 rings (SSSR count). The molecule has 0 aromatic heterocycles. The van der Waals surface area contributed by atoms with Gasteiger partial charge in [-0.05, 0) is 37.4 Å². The molecule has 1 aliphatic heterocycles. The van der Waals surface area contributed by atoms with Gasteiger partial charge in [0.05, 0.1) is 11.4 Å². The van der Waals surface area contributed by atoms with E-state index in [0.717, 1.165) is 19.4 Å². The highest BCUT2D eigenvalue weighted by Gasteiger charge is 2.43. The molecule has 16 heavy (non-hydrogen) atoms. The Labute approximate surface area is 103 Å². The molecule has 3 heteroatoms. The van der Waals surface area contributed by atoms with Gasteiger partial charge in [-0.25, -0.2) is 0 Å². The Hall–Kier alpha value is -0.0200. The quantitative estimate of drug-likeness (QED) is 0.758. The summed E-state index contributed by atoms with van der Waals surface area (Å²) in [7, 11) is 0. The number of ketones is 1. The average Bonchev–Trinajstić information content (AvgIpc) is 2.24. The molecule has 1 aliphatic carbocycles. The summed E-state index contributed by atoms with van der Waals surface area (Å²) in [5.41, 5.74) is 0.112. The van der Waals surface area contributed by atoms with Crippen molar-refractivity contribution in [2.45, 2.75) is 56.8 Å². The maximum Gasteiger partial charge on any atom is 0.146 e. The average molecular weight is 242 g/mol. The predicted molar refractivity (Wildman–Crippen MR) is 67.9 cm³/mol. The molecule has 0 aromatic carbocycles. The Balaban J connectivity index is 1.82. The molecular weight excluding hydrogens is 220 g/mol. The van der Waals surface area contributed by atoms with Gasteiger partial charge in [0.2, 0.25) is 0 Å². The number of Topliss-reactive ketones (excluding diaryl/α,β-unsaturated/α-hetero) is 1. The molecule has 1 saturated heterocycles. The van der Waals surface area contributed by atoms with E-state index in [4.69, 9.17) is 4.74 Å². The van der Waals surface area contributed by atoms with Crippen molar-refractivity contribution in [3.8, 4) is 0 Å². The van der Waals surface area contributed by atoms with Gasteiger partial charge in [0, 0.05) is 12.5 Å². The lowest BCUT2D eigenvalue weighted by Gasteiger charge is -2.46. The van der Waals surface area contributed by atoms with E-state index < -0.39 is 0 Å². The Morgan fingerprint density at radius 2 is 2.25 bits per heavy atom. The zero-order valence-electron chi connectivity index (χ0n) is 10.3. The first-order valence-corrected chi connectivity index (χ1v) is 7.44. The summed E-state index contributed by atoms with van der Waals surface area (Å²) in [6.07, 6.45) is 5.56. The van der Waals surface area contributed by atoms with E-state index in [1.807, 2.05) is 0 Å². The van der Waals surface area contributed by atoms with Crippen LogP contribution in [0.15, 0.2) is 0 Å². The second kappa shape index (κ2) is 5.09. The van der Waals surface area contributed by atoms with Gasteiger partial charge in [-0.2, -0.15) is 11.8 Å². The van der Waals surface area contributed by atoms with E-state index in [9.17, 15) is 4.79 Å². The van der Waals surface area contributed by atoms with Crippen molar-refractivity contribution in [3.05, 3.63) is 0 Å². The summed E-state index contributed by atoms with van der Waals surface area (Å²) < 4.78 is 5.85. The molecule has 1 saturated carbocycles. The molecule has 0 N–H and O–H groups in total. The van der Waals surface area contributed by atoms with Gasteiger partial charge in [-0.1, -0.05) is 13.8 Å². The van der Waals surface area contributed by atoms with Crippen LogP contribution in [0.4, 0.5) is 0 Å². The first kappa shape index (κ1) is 12.4. The number of thioether (sulfide) groups is 1. The minimum absolute atomic E-state index is 0.112. The van der Waals surface area contributed by atoms with Crippen molar-refractivity contribution in [2.24, 2.45) is 5.92 Å². The number of rotatable bonds is 4. The smallest absolute Gasteiger partial charge is 0.146 e. The Kier molecular flexibility index (Phi) is 3.96. The van der Waals surface area contributed by atoms with Gasteiger partial charge < -0.3 is 4.74 Å². The maximum atomic E-state index is 12.1. The van der Waals surface area contributed by atoms with E-state index in [2.05, 4.69) is 13.8 Å². The highest BCUT2D eigenvalue weighted by atomic mass is 32.2. The topological polar surface area (TPSA) is 26.3 Å². The maximum absolute atomic E-state index is 12.1. The van der Waals surface area contributed by atoms with Crippen LogP contribution in [-0.4, -0.2) is 29.0 Å². The van der Waals surface area contributed by atoms with Crippen molar-refractivity contribution in [1.29, 1.82) is 0 Å². The molecule has 1 atom stereocenters. The summed E-state index contributed by atoms with van der Waals surface area (Å²) >= 11 is 1.77. The van der Waals surface area contributed by atoms with Crippen molar-refractivity contribution in [1.82, 2.24) is 0 Å². The summed E-state index contributed by atoms with van der Waals surface area (Å²) in [6, 6.07) is 0. The van der Waals surface area contributed by atoms with Crippen LogP contribution in [0.1, 0.15) is 46.0 Å². The normalized spacial score (nSPS) is 28.1. The van der Waals surface area contributed by atoms with Crippen LogP contribution in [0, 0.1) is 5.92 Å². The number of hydrogen-bond donors (Lipinski definition) is 0. The van der Waals surface area contributed by atoms with Crippen LogP contribution in [0.2, 0.25) is 0 Å². The molecule has 2 aliphatic rings. The van der Waals surface area contributed by atoms with Crippen LogP contribution in [-0.2, 0) is 9.53 Å². The fraction of sp³-hybridized carbons (Fsp3) is 0.923. The minimum Gasteiger partial charge on any atom is -0.375 e. The first-order valence-electron chi connectivity index (χ1n) is 6.40. The van der Waals surface area contributed by atoms with Crippen LogP contribution >= 0.6 is 11.8 Å². The molecule has 0 aromatic rings. The third kappa shape index (κ3) is 2.80. The molecule has 0 bridgehead atoms. The van der Waals surface area contributed by atoms with E-state index in [1.54, 1.807) is 11.8 Å². The first-order chi connectivity index (χ1) is 7.61. The fourth-order valence-electron chi connectivity index (χ4n) is 2.59. The molecule has 0 amide bonds. The third-order valence-corrected chi connectivity index (χ3v) is 4.89. The Morgan fingerprint density at radius 3 is 2.81 bits per heavy atom. The lowest BCUT2D eigenvalue weighted by Crippen LogP contribution is -2.47. The van der Waals surface area contributed by atoms with Crippen LogP contribution < -0.4 is 0 Å². The Bertz CT molecular complexity index is 259. The van der Waals surface area contributed by atoms with Gasteiger partial charge in [0.1, 0.15) is 5.78 Å². The third-order valence-electron chi connectivity index (χ3n) is 3.77. The van der Waals surface area contributed by atoms with Gasteiger partial charge in [0.15, 0.2) is 0 Å². The van der Waals surface area contributed by atoms with E-state index in [1.165, 1.54) is 19.3 Å². The second-order valence-corrected chi connectivity index (χ2v) is 6.97. The highest BCUT2D eigenvalue weighted by molar-refractivity contribution is 8.00. The lowest BCUT2D eigenvalue weighted by molar-refractivity contribution is -0.154. The Morgan fingerprint density at radius 1 is 1.50 bits per heavy atom. The molecule has 2 fully saturated rings. The van der Waals surface area contributed by atoms with Crippen molar-refractivity contribution in [2.75, 3.05) is 12.4 Å². The number of hydrogen-bond acceptors (Lipinski definition) is 3. The zero-order chi connectivity index (χ0) is 11.6. The highest BCUT2D eigenvalue weighted by Crippen LogP contribution is 2.44. The fourth-order valence-corrected chi connectivity index (χ4v) is 3.32. The van der Waals surface area contributed by atoms with Crippen molar-refractivity contribution in [3.63, 3.8) is 0 Å². The summed E-state index contributed by atoms with van der Waals surface area (Å²) in [5.74, 6) is 1.42. The molecule has 1 unspecified atom stereocenters. The molecule has 1 spiro atoms. The lowest BCUT2D eigenvalue weighted by atomic mass is 9.71. The summed E-state index contributed by atoms with van der Waals surface area (Å²) in [6.45, 7) is 5.09. The molecule has 0 radical (unpaired) electrons. The van der Waals surface area contributed by atoms with Crippen molar-refractivity contribution < 1.29 is 9.53 Å². The van der Waals surface area contributed by atoms with E-state index in [0.29, 0.717) is 16.8 Å². The number of ether oxygens (including phenoxy) is 1. The van der Waals surface area contributed by atoms with Gasteiger partial charge >= 0.3 is 0 Å². The van der Waals surface area contributed by atoms with Gasteiger partial charge in [-0.15, -0.1) is 0 Å². The predicted octanol–water partition coefficient (Wildman–Crippen LogP) is 3.05. The summed E-state index contributed by atoms with van der Waals surface area (Å²) in [5, 5.41) is 0.557. The molecule has 1 heterocycles.